The van der Waals surface area contributed by atoms with Crippen LogP contribution in [-0.4, -0.2) is 29.6 Å². The van der Waals surface area contributed by atoms with Crippen LogP contribution in [0.4, 0.5) is 11.8 Å². The molecule has 1 aromatic heterocycles. The van der Waals surface area contributed by atoms with Gasteiger partial charge in [0.25, 0.3) is 0 Å². The number of rotatable bonds is 4. The van der Waals surface area contributed by atoms with Crippen molar-refractivity contribution >= 4 is 23.4 Å². The summed E-state index contributed by atoms with van der Waals surface area (Å²) < 4.78 is 0. The second-order valence-corrected chi connectivity index (χ2v) is 6.03. The molecule has 0 amide bonds. The maximum Gasteiger partial charge on any atom is 0.221 e. The van der Waals surface area contributed by atoms with Crippen molar-refractivity contribution < 1.29 is 0 Å². The van der Waals surface area contributed by atoms with Crippen molar-refractivity contribution in [1.29, 1.82) is 0 Å². The molecule has 2 heterocycles. The Morgan fingerprint density at radius 3 is 3.09 bits per heavy atom. The third kappa shape index (κ3) is 3.67. The average Bonchev–Trinajstić information content (AvgIpc) is 2.54. The second-order valence-electron chi connectivity index (χ2n) is 5.59. The number of nitrogens with one attached hydrogen (secondary N) is 2. The second kappa shape index (κ2) is 6.94. The minimum atomic E-state index is 0.273. The van der Waals surface area contributed by atoms with Crippen molar-refractivity contribution in [1.82, 2.24) is 15.3 Å². The molecule has 0 radical (unpaired) electrons. The van der Waals surface area contributed by atoms with Crippen molar-refractivity contribution in [2.24, 2.45) is 5.92 Å². The van der Waals surface area contributed by atoms with Crippen LogP contribution in [-0.2, 0) is 0 Å². The lowest BCUT2D eigenvalue weighted by Crippen LogP contribution is -2.33. The Bertz CT molecular complexity index is 640. The van der Waals surface area contributed by atoms with Gasteiger partial charge < -0.3 is 16.4 Å². The van der Waals surface area contributed by atoms with Crippen molar-refractivity contribution in [2.45, 2.75) is 12.8 Å². The van der Waals surface area contributed by atoms with E-state index in [4.69, 9.17) is 17.3 Å². The zero-order valence-corrected chi connectivity index (χ0v) is 13.1. The lowest BCUT2D eigenvalue weighted by molar-refractivity contribution is 0.392. The third-order valence-corrected chi connectivity index (χ3v) is 4.14. The molecule has 1 unspecified atom stereocenters. The fourth-order valence-corrected chi connectivity index (χ4v) is 2.93. The summed E-state index contributed by atoms with van der Waals surface area (Å²) in [7, 11) is 0. The van der Waals surface area contributed by atoms with Crippen LogP contribution in [0.25, 0.3) is 11.1 Å². The molecule has 6 heteroatoms. The van der Waals surface area contributed by atoms with E-state index in [0.717, 1.165) is 36.6 Å². The van der Waals surface area contributed by atoms with Gasteiger partial charge in [-0.1, -0.05) is 23.7 Å². The molecule has 1 fully saturated rings. The molecular formula is C16H20ClN5. The van der Waals surface area contributed by atoms with Gasteiger partial charge in [-0.2, -0.15) is 4.98 Å². The molecule has 1 aliphatic heterocycles. The highest BCUT2D eigenvalue weighted by Gasteiger charge is 2.15. The summed E-state index contributed by atoms with van der Waals surface area (Å²) >= 11 is 6.08. The first-order valence-corrected chi connectivity index (χ1v) is 7.93. The van der Waals surface area contributed by atoms with Crippen LogP contribution in [0.5, 0.6) is 0 Å². The van der Waals surface area contributed by atoms with Gasteiger partial charge in [0, 0.05) is 23.3 Å². The van der Waals surface area contributed by atoms with Crippen LogP contribution < -0.4 is 16.4 Å². The SMILES string of the molecule is Nc1ncc(-c2cccc(Cl)c2)c(NCC2CCCNC2)n1. The quantitative estimate of drug-likeness (QED) is 0.808. The Morgan fingerprint density at radius 2 is 2.32 bits per heavy atom. The molecule has 1 aromatic carbocycles. The van der Waals surface area contributed by atoms with Gasteiger partial charge in [-0.3, -0.25) is 0 Å². The van der Waals surface area contributed by atoms with E-state index >= 15 is 0 Å². The van der Waals surface area contributed by atoms with Crippen LogP contribution in [0, 0.1) is 5.92 Å². The van der Waals surface area contributed by atoms with Crippen LogP contribution in [0.3, 0.4) is 0 Å². The zero-order valence-electron chi connectivity index (χ0n) is 12.3. The Hall–Kier alpha value is -1.85. The topological polar surface area (TPSA) is 75.9 Å². The van der Waals surface area contributed by atoms with Gasteiger partial charge in [-0.15, -0.1) is 0 Å². The summed E-state index contributed by atoms with van der Waals surface area (Å²) in [6.45, 7) is 3.03. The van der Waals surface area contributed by atoms with E-state index in [-0.39, 0.29) is 5.95 Å². The predicted molar refractivity (Wildman–Crippen MR) is 91.0 cm³/mol. The Labute approximate surface area is 135 Å². The molecule has 3 rings (SSSR count). The molecule has 1 saturated heterocycles. The summed E-state index contributed by atoms with van der Waals surface area (Å²) in [5, 5.41) is 7.54. The number of benzene rings is 1. The van der Waals surface area contributed by atoms with Crippen LogP contribution in [0.2, 0.25) is 5.02 Å². The molecule has 116 valence electrons. The summed E-state index contributed by atoms with van der Waals surface area (Å²) in [5.41, 5.74) is 7.64. The first kappa shape index (κ1) is 15.1. The minimum absolute atomic E-state index is 0.273. The van der Waals surface area contributed by atoms with Gasteiger partial charge in [-0.25, -0.2) is 4.98 Å². The van der Waals surface area contributed by atoms with E-state index in [2.05, 4.69) is 20.6 Å². The van der Waals surface area contributed by atoms with E-state index in [1.807, 2.05) is 24.3 Å². The Balaban J connectivity index is 1.81. The minimum Gasteiger partial charge on any atom is -0.369 e. The largest absolute Gasteiger partial charge is 0.369 e. The smallest absolute Gasteiger partial charge is 0.221 e. The van der Waals surface area contributed by atoms with Gasteiger partial charge in [0.2, 0.25) is 5.95 Å². The molecule has 0 saturated carbocycles. The van der Waals surface area contributed by atoms with Crippen LogP contribution in [0.15, 0.2) is 30.5 Å². The number of nitrogens with zero attached hydrogens (tertiary/aromatic N) is 2. The van der Waals surface area contributed by atoms with Crippen LogP contribution >= 0.6 is 11.6 Å². The number of hydrogen-bond acceptors (Lipinski definition) is 5. The van der Waals surface area contributed by atoms with E-state index in [0.29, 0.717) is 10.9 Å². The van der Waals surface area contributed by atoms with Crippen molar-refractivity contribution in [2.75, 3.05) is 30.7 Å². The normalized spacial score (nSPS) is 18.1. The molecule has 0 bridgehead atoms. The van der Waals surface area contributed by atoms with Crippen molar-refractivity contribution in [3.63, 3.8) is 0 Å². The third-order valence-electron chi connectivity index (χ3n) is 3.90. The first-order valence-electron chi connectivity index (χ1n) is 7.55. The molecule has 4 N–H and O–H groups in total. The number of aromatic nitrogens is 2. The van der Waals surface area contributed by atoms with Gasteiger partial charge >= 0.3 is 0 Å². The van der Waals surface area contributed by atoms with Crippen molar-refractivity contribution in [3.8, 4) is 11.1 Å². The lowest BCUT2D eigenvalue weighted by atomic mass is 9.99. The average molecular weight is 318 g/mol. The van der Waals surface area contributed by atoms with Gasteiger partial charge in [0.15, 0.2) is 0 Å². The number of halogens is 1. The molecule has 22 heavy (non-hydrogen) atoms. The van der Waals surface area contributed by atoms with Gasteiger partial charge in [0.1, 0.15) is 5.82 Å². The molecule has 0 spiro atoms. The van der Waals surface area contributed by atoms with E-state index in [1.165, 1.54) is 12.8 Å². The first-order chi connectivity index (χ1) is 10.7. The fourth-order valence-electron chi connectivity index (χ4n) is 2.74. The number of nitrogens with two attached hydrogens (primary N) is 1. The maximum absolute atomic E-state index is 6.08. The Morgan fingerprint density at radius 1 is 1.41 bits per heavy atom. The monoisotopic (exact) mass is 317 g/mol. The summed E-state index contributed by atoms with van der Waals surface area (Å²) in [4.78, 5) is 8.47. The molecular weight excluding hydrogens is 298 g/mol. The number of hydrogen-bond donors (Lipinski definition) is 3. The highest BCUT2D eigenvalue weighted by Crippen LogP contribution is 2.28. The van der Waals surface area contributed by atoms with Gasteiger partial charge in [0.05, 0.1) is 0 Å². The number of piperidine rings is 1. The molecule has 1 atom stereocenters. The Kier molecular flexibility index (Phi) is 4.75. The molecule has 0 aliphatic carbocycles. The predicted octanol–water partition coefficient (Wildman–Crippen LogP) is 2.79. The highest BCUT2D eigenvalue weighted by molar-refractivity contribution is 6.30. The summed E-state index contributed by atoms with van der Waals surface area (Å²) in [5.74, 6) is 1.65. The number of anilines is 2. The van der Waals surface area contributed by atoms with E-state index in [9.17, 15) is 0 Å². The molecule has 5 nitrogen and oxygen atoms in total. The summed E-state index contributed by atoms with van der Waals surface area (Å²) in [6.07, 6.45) is 4.20. The summed E-state index contributed by atoms with van der Waals surface area (Å²) in [6, 6.07) is 7.67. The van der Waals surface area contributed by atoms with E-state index < -0.39 is 0 Å². The fraction of sp³-hybridized carbons (Fsp3) is 0.375. The van der Waals surface area contributed by atoms with Crippen LogP contribution in [0.1, 0.15) is 12.8 Å². The van der Waals surface area contributed by atoms with Crippen molar-refractivity contribution in [3.05, 3.63) is 35.5 Å². The highest BCUT2D eigenvalue weighted by atomic mass is 35.5. The van der Waals surface area contributed by atoms with E-state index in [1.54, 1.807) is 6.20 Å². The molecule has 1 aliphatic rings. The standard InChI is InChI=1S/C16H20ClN5/c17-13-5-1-4-12(7-13)14-10-21-16(18)22-15(14)20-9-11-3-2-6-19-8-11/h1,4-5,7,10-11,19H,2-3,6,8-9H2,(H3,18,20,21,22). The molecule has 2 aromatic rings. The van der Waals surface area contributed by atoms with Gasteiger partial charge in [-0.05, 0) is 49.5 Å². The lowest BCUT2D eigenvalue weighted by Gasteiger charge is -2.23. The number of nitrogen functional groups attached to an aromatic ring is 1. The maximum atomic E-state index is 6.08. The zero-order chi connectivity index (χ0) is 15.4.